The van der Waals surface area contributed by atoms with E-state index in [0.717, 1.165) is 11.1 Å². The molecule has 106 valence electrons. The van der Waals surface area contributed by atoms with Gasteiger partial charge in [0.1, 0.15) is 0 Å². The minimum absolute atomic E-state index is 0.0286. The minimum atomic E-state index is -0.818. The van der Waals surface area contributed by atoms with Crippen LogP contribution in [0.2, 0.25) is 0 Å². The van der Waals surface area contributed by atoms with Crippen LogP contribution in [0.15, 0.2) is 30.6 Å². The first kappa shape index (κ1) is 14.2. The number of anilines is 1. The number of nitrogens with one attached hydrogen (secondary N) is 1. The van der Waals surface area contributed by atoms with Gasteiger partial charge in [-0.1, -0.05) is 6.92 Å². The number of nitrogens with zero attached hydrogens (tertiary/aromatic N) is 2. The van der Waals surface area contributed by atoms with Gasteiger partial charge >= 0.3 is 0 Å². The van der Waals surface area contributed by atoms with E-state index in [4.69, 9.17) is 0 Å². The highest BCUT2D eigenvalue weighted by molar-refractivity contribution is 5.99. The van der Waals surface area contributed by atoms with E-state index < -0.39 is 10.5 Å². The SMILES string of the molecule is CCC(C)(O)CNc1ccc([N+](=O)[O-])c2cnccc12. The number of aliphatic hydroxyl groups is 1. The summed E-state index contributed by atoms with van der Waals surface area (Å²) in [6.45, 7) is 4.02. The fourth-order valence-electron chi connectivity index (χ4n) is 1.90. The van der Waals surface area contributed by atoms with Crippen LogP contribution in [0.5, 0.6) is 0 Å². The number of non-ortho nitro benzene ring substituents is 1. The molecule has 0 aliphatic carbocycles. The van der Waals surface area contributed by atoms with Crippen LogP contribution in [0, 0.1) is 10.1 Å². The van der Waals surface area contributed by atoms with E-state index >= 15 is 0 Å². The summed E-state index contributed by atoms with van der Waals surface area (Å²) in [4.78, 5) is 14.5. The molecule has 2 rings (SSSR count). The molecule has 1 aromatic carbocycles. The Balaban J connectivity index is 2.41. The first-order valence-corrected chi connectivity index (χ1v) is 6.42. The largest absolute Gasteiger partial charge is 0.388 e. The number of fused-ring (bicyclic) bond motifs is 1. The second-order valence-corrected chi connectivity index (χ2v) is 5.01. The normalized spacial score (nSPS) is 13.9. The van der Waals surface area contributed by atoms with Gasteiger partial charge in [-0.25, -0.2) is 0 Å². The molecule has 6 heteroatoms. The molecule has 0 amide bonds. The molecule has 0 aliphatic heterocycles. The molecule has 0 saturated carbocycles. The van der Waals surface area contributed by atoms with Gasteiger partial charge in [0.25, 0.3) is 5.69 Å². The van der Waals surface area contributed by atoms with E-state index in [9.17, 15) is 15.2 Å². The molecule has 1 atom stereocenters. The first-order valence-electron chi connectivity index (χ1n) is 6.42. The van der Waals surface area contributed by atoms with E-state index in [0.29, 0.717) is 18.4 Å². The number of pyridine rings is 1. The van der Waals surface area contributed by atoms with Crippen molar-refractivity contribution in [3.8, 4) is 0 Å². The van der Waals surface area contributed by atoms with Crippen LogP contribution in [0.25, 0.3) is 10.8 Å². The third-order valence-corrected chi connectivity index (χ3v) is 3.41. The first-order chi connectivity index (χ1) is 9.44. The molecule has 0 fully saturated rings. The average Bonchev–Trinajstić information content (AvgIpc) is 2.44. The van der Waals surface area contributed by atoms with Gasteiger partial charge in [0, 0.05) is 36.1 Å². The van der Waals surface area contributed by atoms with E-state index in [1.165, 1.54) is 12.3 Å². The number of nitro groups is 1. The number of hydrogen-bond donors (Lipinski definition) is 2. The fourth-order valence-corrected chi connectivity index (χ4v) is 1.90. The predicted molar refractivity (Wildman–Crippen MR) is 77.8 cm³/mol. The van der Waals surface area contributed by atoms with E-state index in [1.807, 2.05) is 6.92 Å². The van der Waals surface area contributed by atoms with Crippen molar-refractivity contribution in [3.05, 3.63) is 40.7 Å². The lowest BCUT2D eigenvalue weighted by molar-refractivity contribution is -0.383. The summed E-state index contributed by atoms with van der Waals surface area (Å²) in [5, 5.41) is 25.4. The second kappa shape index (κ2) is 5.42. The van der Waals surface area contributed by atoms with Gasteiger partial charge in [-0.05, 0) is 25.5 Å². The van der Waals surface area contributed by atoms with Gasteiger partial charge in [0.05, 0.1) is 15.9 Å². The zero-order valence-corrected chi connectivity index (χ0v) is 11.5. The van der Waals surface area contributed by atoms with Gasteiger partial charge in [-0.3, -0.25) is 15.1 Å². The van der Waals surface area contributed by atoms with Gasteiger partial charge < -0.3 is 10.4 Å². The highest BCUT2D eigenvalue weighted by atomic mass is 16.6. The topological polar surface area (TPSA) is 88.3 Å². The molecule has 1 aromatic heterocycles. The molecule has 20 heavy (non-hydrogen) atoms. The summed E-state index contributed by atoms with van der Waals surface area (Å²) >= 11 is 0. The Morgan fingerprint density at radius 1 is 1.40 bits per heavy atom. The molecule has 0 radical (unpaired) electrons. The van der Waals surface area contributed by atoms with Crippen molar-refractivity contribution in [2.24, 2.45) is 0 Å². The van der Waals surface area contributed by atoms with Gasteiger partial charge in [0.2, 0.25) is 0 Å². The van der Waals surface area contributed by atoms with Crippen LogP contribution in [-0.2, 0) is 0 Å². The van der Waals surface area contributed by atoms with Crippen molar-refractivity contribution in [3.63, 3.8) is 0 Å². The Morgan fingerprint density at radius 3 is 2.80 bits per heavy atom. The van der Waals surface area contributed by atoms with Crippen molar-refractivity contribution < 1.29 is 10.0 Å². The van der Waals surface area contributed by atoms with Gasteiger partial charge in [-0.15, -0.1) is 0 Å². The third-order valence-electron chi connectivity index (χ3n) is 3.41. The minimum Gasteiger partial charge on any atom is -0.388 e. The quantitative estimate of drug-likeness (QED) is 0.647. The Morgan fingerprint density at radius 2 is 2.15 bits per heavy atom. The number of nitro benzene ring substituents is 1. The number of aromatic nitrogens is 1. The smallest absolute Gasteiger partial charge is 0.278 e. The van der Waals surface area contributed by atoms with Gasteiger partial charge in [0.15, 0.2) is 0 Å². The maximum absolute atomic E-state index is 11.0. The summed E-state index contributed by atoms with van der Waals surface area (Å²) < 4.78 is 0. The van der Waals surface area contributed by atoms with Crippen molar-refractivity contribution in [2.45, 2.75) is 25.9 Å². The molecule has 0 spiro atoms. The summed E-state index contributed by atoms with van der Waals surface area (Å²) in [7, 11) is 0. The summed E-state index contributed by atoms with van der Waals surface area (Å²) in [6, 6.07) is 4.84. The highest BCUT2D eigenvalue weighted by Crippen LogP contribution is 2.30. The van der Waals surface area contributed by atoms with Gasteiger partial charge in [-0.2, -0.15) is 0 Å². The number of benzene rings is 1. The molecule has 0 saturated heterocycles. The van der Waals surface area contributed by atoms with Crippen molar-refractivity contribution >= 4 is 22.1 Å². The molecular formula is C14H17N3O3. The van der Waals surface area contributed by atoms with E-state index in [1.54, 1.807) is 25.3 Å². The van der Waals surface area contributed by atoms with Crippen molar-refractivity contribution in [1.82, 2.24) is 4.98 Å². The Bertz CT molecular complexity index is 641. The molecular weight excluding hydrogens is 258 g/mol. The Hall–Kier alpha value is -2.21. The van der Waals surface area contributed by atoms with Crippen LogP contribution >= 0.6 is 0 Å². The molecule has 6 nitrogen and oxygen atoms in total. The second-order valence-electron chi connectivity index (χ2n) is 5.01. The standard InChI is InChI=1S/C14H17N3O3/c1-3-14(2,18)9-16-12-4-5-13(17(19)20)11-8-15-7-6-10(11)12/h4-8,16,18H,3,9H2,1-2H3. The fraction of sp³-hybridized carbons (Fsp3) is 0.357. The van der Waals surface area contributed by atoms with Crippen LogP contribution in [0.3, 0.4) is 0 Å². The van der Waals surface area contributed by atoms with Crippen LogP contribution in [-0.4, -0.2) is 27.2 Å². The molecule has 1 unspecified atom stereocenters. The lowest BCUT2D eigenvalue weighted by Crippen LogP contribution is -2.32. The van der Waals surface area contributed by atoms with Crippen LogP contribution < -0.4 is 5.32 Å². The molecule has 2 N–H and O–H groups in total. The Kier molecular flexibility index (Phi) is 3.85. The molecule has 1 heterocycles. The van der Waals surface area contributed by atoms with E-state index in [-0.39, 0.29) is 5.69 Å². The van der Waals surface area contributed by atoms with Crippen LogP contribution in [0.4, 0.5) is 11.4 Å². The maximum atomic E-state index is 11.0. The monoisotopic (exact) mass is 275 g/mol. The van der Waals surface area contributed by atoms with Crippen molar-refractivity contribution in [1.29, 1.82) is 0 Å². The lowest BCUT2D eigenvalue weighted by Gasteiger charge is -2.22. The summed E-state index contributed by atoms with van der Waals surface area (Å²) in [5.74, 6) is 0. The molecule has 2 aromatic rings. The summed E-state index contributed by atoms with van der Waals surface area (Å²) in [5.41, 5.74) is -0.0381. The maximum Gasteiger partial charge on any atom is 0.278 e. The number of hydrogen-bond acceptors (Lipinski definition) is 5. The summed E-state index contributed by atoms with van der Waals surface area (Å²) in [6.07, 6.45) is 3.69. The third kappa shape index (κ3) is 2.85. The molecule has 0 aliphatic rings. The Labute approximate surface area is 116 Å². The predicted octanol–water partition coefficient (Wildman–Crippen LogP) is 2.72. The molecule has 0 bridgehead atoms. The average molecular weight is 275 g/mol. The zero-order chi connectivity index (χ0) is 14.8. The lowest BCUT2D eigenvalue weighted by atomic mass is 10.0. The van der Waals surface area contributed by atoms with Crippen LogP contribution in [0.1, 0.15) is 20.3 Å². The zero-order valence-electron chi connectivity index (χ0n) is 11.5. The number of rotatable bonds is 5. The van der Waals surface area contributed by atoms with Crippen molar-refractivity contribution in [2.75, 3.05) is 11.9 Å². The van der Waals surface area contributed by atoms with E-state index in [2.05, 4.69) is 10.3 Å². The highest BCUT2D eigenvalue weighted by Gasteiger charge is 2.19.